The summed E-state index contributed by atoms with van der Waals surface area (Å²) in [4.78, 5) is 11.5. The van der Waals surface area contributed by atoms with Crippen LogP contribution in [0.1, 0.15) is 13.8 Å². The van der Waals surface area contributed by atoms with E-state index in [-0.39, 0.29) is 5.91 Å². The number of amides is 1. The number of hydrogen-bond acceptors (Lipinski definition) is 2. The predicted octanol–water partition coefficient (Wildman–Crippen LogP) is 3.04. The summed E-state index contributed by atoms with van der Waals surface area (Å²) in [7, 11) is 0. The number of carbonyl (C=O) groups excluding carboxylic acids is 1. The summed E-state index contributed by atoms with van der Waals surface area (Å²) in [6.45, 7) is 4.29. The van der Waals surface area contributed by atoms with E-state index in [1.807, 2.05) is 13.8 Å². The first-order valence-electron chi connectivity index (χ1n) is 4.97. The lowest BCUT2D eigenvalue weighted by Gasteiger charge is -2.09. The van der Waals surface area contributed by atoms with Gasteiger partial charge in [0.1, 0.15) is 0 Å². The van der Waals surface area contributed by atoms with Crippen LogP contribution < -0.4 is 10.6 Å². The molecule has 5 heteroatoms. The monoisotopic (exact) mass is 304 g/mol. The standard InChI is InChI=1S/C11H14BrClN2O/c1-7(2)14-6-11(16)15-8-3-4-10(13)9(12)5-8/h3-5,7,14H,6H2,1-2H3,(H,15,16). The van der Waals surface area contributed by atoms with Gasteiger partial charge in [-0.25, -0.2) is 0 Å². The van der Waals surface area contributed by atoms with Gasteiger partial charge in [-0.15, -0.1) is 0 Å². The van der Waals surface area contributed by atoms with E-state index in [9.17, 15) is 4.79 Å². The van der Waals surface area contributed by atoms with Gasteiger partial charge >= 0.3 is 0 Å². The van der Waals surface area contributed by atoms with Crippen LogP contribution in [0, 0.1) is 0 Å². The van der Waals surface area contributed by atoms with Gasteiger partial charge in [0.05, 0.1) is 11.6 Å². The molecular weight excluding hydrogens is 291 g/mol. The summed E-state index contributed by atoms with van der Waals surface area (Å²) < 4.78 is 0.767. The first-order chi connectivity index (χ1) is 7.49. The van der Waals surface area contributed by atoms with Crippen LogP contribution in [0.15, 0.2) is 22.7 Å². The molecule has 1 rings (SSSR count). The van der Waals surface area contributed by atoms with Crippen LogP contribution in [0.3, 0.4) is 0 Å². The van der Waals surface area contributed by atoms with Gasteiger partial charge in [0.2, 0.25) is 5.91 Å². The quantitative estimate of drug-likeness (QED) is 0.898. The Bertz CT molecular complexity index is 382. The molecule has 1 aromatic carbocycles. The fraction of sp³-hybridized carbons (Fsp3) is 0.364. The third kappa shape index (κ3) is 4.51. The van der Waals surface area contributed by atoms with E-state index in [1.165, 1.54) is 0 Å². The number of hydrogen-bond donors (Lipinski definition) is 2. The van der Waals surface area contributed by atoms with Crippen LogP contribution in [-0.2, 0) is 4.79 Å². The molecule has 0 unspecified atom stereocenters. The molecule has 0 aliphatic rings. The van der Waals surface area contributed by atoms with Crippen LogP contribution >= 0.6 is 27.5 Å². The van der Waals surface area contributed by atoms with Crippen molar-refractivity contribution in [2.75, 3.05) is 11.9 Å². The number of halogens is 2. The third-order valence-corrected chi connectivity index (χ3v) is 3.09. The van der Waals surface area contributed by atoms with Crippen molar-refractivity contribution in [3.05, 3.63) is 27.7 Å². The van der Waals surface area contributed by atoms with Crippen LogP contribution in [0.4, 0.5) is 5.69 Å². The second-order valence-corrected chi connectivity index (χ2v) is 4.97. The number of carbonyl (C=O) groups is 1. The first-order valence-corrected chi connectivity index (χ1v) is 6.14. The highest BCUT2D eigenvalue weighted by Gasteiger charge is 2.04. The lowest BCUT2D eigenvalue weighted by molar-refractivity contribution is -0.115. The lowest BCUT2D eigenvalue weighted by Crippen LogP contribution is -2.32. The van der Waals surface area contributed by atoms with Gasteiger partial charge in [-0.3, -0.25) is 4.79 Å². The molecule has 3 nitrogen and oxygen atoms in total. The van der Waals surface area contributed by atoms with E-state index in [1.54, 1.807) is 18.2 Å². The Morgan fingerprint density at radius 3 is 2.75 bits per heavy atom. The highest BCUT2D eigenvalue weighted by atomic mass is 79.9. The van der Waals surface area contributed by atoms with Gasteiger partial charge < -0.3 is 10.6 Å². The topological polar surface area (TPSA) is 41.1 Å². The zero-order valence-electron chi connectivity index (χ0n) is 9.18. The van der Waals surface area contributed by atoms with Crippen LogP contribution in [0.25, 0.3) is 0 Å². The van der Waals surface area contributed by atoms with Crippen molar-refractivity contribution in [3.63, 3.8) is 0 Å². The van der Waals surface area contributed by atoms with Crippen LogP contribution in [-0.4, -0.2) is 18.5 Å². The summed E-state index contributed by atoms with van der Waals surface area (Å²) in [6, 6.07) is 5.57. The maximum Gasteiger partial charge on any atom is 0.238 e. The second-order valence-electron chi connectivity index (χ2n) is 3.71. The molecule has 2 N–H and O–H groups in total. The zero-order chi connectivity index (χ0) is 12.1. The number of anilines is 1. The van der Waals surface area contributed by atoms with Gasteiger partial charge in [0.25, 0.3) is 0 Å². The Balaban J connectivity index is 2.53. The lowest BCUT2D eigenvalue weighted by atomic mass is 10.3. The maximum atomic E-state index is 11.5. The minimum atomic E-state index is -0.0667. The Labute approximate surface area is 109 Å². The molecule has 0 aliphatic heterocycles. The minimum Gasteiger partial charge on any atom is -0.325 e. The van der Waals surface area contributed by atoms with E-state index in [0.717, 1.165) is 10.2 Å². The molecule has 16 heavy (non-hydrogen) atoms. The average Bonchev–Trinajstić information content (AvgIpc) is 2.21. The summed E-state index contributed by atoms with van der Waals surface area (Å²) in [5.41, 5.74) is 0.729. The Morgan fingerprint density at radius 2 is 2.19 bits per heavy atom. The minimum absolute atomic E-state index is 0.0667. The van der Waals surface area contributed by atoms with E-state index < -0.39 is 0 Å². The molecule has 88 valence electrons. The van der Waals surface area contributed by atoms with Gasteiger partial charge in [-0.05, 0) is 34.1 Å². The number of benzene rings is 1. The molecule has 0 bridgehead atoms. The molecule has 0 heterocycles. The van der Waals surface area contributed by atoms with Gasteiger partial charge in [0, 0.05) is 16.2 Å². The second kappa shape index (κ2) is 6.23. The van der Waals surface area contributed by atoms with Crippen LogP contribution in [0.5, 0.6) is 0 Å². The van der Waals surface area contributed by atoms with Gasteiger partial charge in [0.15, 0.2) is 0 Å². The molecule has 0 fully saturated rings. The molecular formula is C11H14BrClN2O. The van der Waals surface area contributed by atoms with E-state index in [0.29, 0.717) is 17.6 Å². The molecule has 1 aromatic rings. The van der Waals surface area contributed by atoms with Crippen molar-refractivity contribution in [2.24, 2.45) is 0 Å². The van der Waals surface area contributed by atoms with Crippen molar-refractivity contribution in [3.8, 4) is 0 Å². The maximum absolute atomic E-state index is 11.5. The van der Waals surface area contributed by atoms with Gasteiger partial charge in [-0.2, -0.15) is 0 Å². The largest absolute Gasteiger partial charge is 0.325 e. The normalized spacial score (nSPS) is 10.6. The molecule has 0 aromatic heterocycles. The summed E-state index contributed by atoms with van der Waals surface area (Å²) in [5, 5.41) is 6.44. The molecule has 1 amide bonds. The fourth-order valence-electron chi connectivity index (χ4n) is 1.08. The third-order valence-electron chi connectivity index (χ3n) is 1.87. The Morgan fingerprint density at radius 1 is 1.50 bits per heavy atom. The van der Waals surface area contributed by atoms with Crippen molar-refractivity contribution < 1.29 is 4.79 Å². The van der Waals surface area contributed by atoms with Gasteiger partial charge in [-0.1, -0.05) is 25.4 Å². The average molecular weight is 306 g/mol. The molecule has 0 radical (unpaired) electrons. The smallest absolute Gasteiger partial charge is 0.238 e. The molecule has 0 aliphatic carbocycles. The van der Waals surface area contributed by atoms with Crippen molar-refractivity contribution in [1.29, 1.82) is 0 Å². The molecule has 0 atom stereocenters. The summed E-state index contributed by atoms with van der Waals surface area (Å²) in [6.07, 6.45) is 0. The first kappa shape index (κ1) is 13.5. The summed E-state index contributed by atoms with van der Waals surface area (Å²) in [5.74, 6) is -0.0667. The molecule has 0 spiro atoms. The summed E-state index contributed by atoms with van der Waals surface area (Å²) >= 11 is 9.15. The van der Waals surface area contributed by atoms with E-state index in [2.05, 4.69) is 26.6 Å². The number of rotatable bonds is 4. The van der Waals surface area contributed by atoms with E-state index in [4.69, 9.17) is 11.6 Å². The highest BCUT2D eigenvalue weighted by Crippen LogP contribution is 2.25. The SMILES string of the molecule is CC(C)NCC(=O)Nc1ccc(Cl)c(Br)c1. The van der Waals surface area contributed by atoms with Crippen molar-refractivity contribution >= 4 is 39.1 Å². The predicted molar refractivity (Wildman–Crippen MR) is 70.9 cm³/mol. The zero-order valence-corrected chi connectivity index (χ0v) is 11.5. The number of nitrogens with one attached hydrogen (secondary N) is 2. The fourth-order valence-corrected chi connectivity index (χ4v) is 1.57. The molecule has 0 saturated carbocycles. The Hall–Kier alpha value is -0.580. The highest BCUT2D eigenvalue weighted by molar-refractivity contribution is 9.10. The molecule has 0 saturated heterocycles. The van der Waals surface area contributed by atoms with Crippen molar-refractivity contribution in [1.82, 2.24) is 5.32 Å². The van der Waals surface area contributed by atoms with E-state index >= 15 is 0 Å². The van der Waals surface area contributed by atoms with Crippen molar-refractivity contribution in [2.45, 2.75) is 19.9 Å². The van der Waals surface area contributed by atoms with Crippen LogP contribution in [0.2, 0.25) is 5.02 Å². The Kier molecular flexibility index (Phi) is 5.25.